The van der Waals surface area contributed by atoms with Crippen LogP contribution in [0.3, 0.4) is 0 Å². The van der Waals surface area contributed by atoms with E-state index in [0.717, 1.165) is 47.1 Å². The van der Waals surface area contributed by atoms with E-state index in [1.807, 2.05) is 34.7 Å². The van der Waals surface area contributed by atoms with Crippen LogP contribution < -0.4 is 5.32 Å². The Morgan fingerprint density at radius 3 is 2.84 bits per heavy atom. The van der Waals surface area contributed by atoms with Crippen molar-refractivity contribution in [2.75, 3.05) is 18.4 Å². The largest absolute Gasteiger partial charge is 0.324 e. The van der Waals surface area contributed by atoms with E-state index >= 15 is 0 Å². The number of nitrogens with zero attached hydrogens (tertiary/aromatic N) is 4. The molecule has 1 aliphatic heterocycles. The van der Waals surface area contributed by atoms with E-state index in [1.165, 1.54) is 19.3 Å². The van der Waals surface area contributed by atoms with E-state index in [-0.39, 0.29) is 6.03 Å². The number of fused-ring (bicyclic) bond motifs is 1. The van der Waals surface area contributed by atoms with Gasteiger partial charge in [-0.25, -0.2) is 4.79 Å². The molecule has 1 saturated carbocycles. The molecule has 0 bridgehead atoms. The molecule has 1 aromatic heterocycles. The van der Waals surface area contributed by atoms with Crippen LogP contribution in [-0.4, -0.2) is 38.8 Å². The van der Waals surface area contributed by atoms with Gasteiger partial charge in [0.15, 0.2) is 5.16 Å². The van der Waals surface area contributed by atoms with Crippen molar-refractivity contribution < 1.29 is 4.79 Å². The number of aryl methyl sites for hydroxylation is 1. The number of benzene rings is 1. The number of carbonyl (C=O) groups is 1. The number of nitrogens with one attached hydrogen (secondary N) is 1. The lowest BCUT2D eigenvalue weighted by Crippen LogP contribution is -2.33. The Labute approximate surface area is 152 Å². The molecule has 25 heavy (non-hydrogen) atoms. The van der Waals surface area contributed by atoms with Crippen LogP contribution in [0.4, 0.5) is 10.5 Å². The number of carbonyl (C=O) groups excluding carboxylic acids is 1. The van der Waals surface area contributed by atoms with Crippen LogP contribution >= 0.6 is 11.8 Å². The van der Waals surface area contributed by atoms with Gasteiger partial charge >= 0.3 is 6.03 Å². The van der Waals surface area contributed by atoms with Gasteiger partial charge in [-0.2, -0.15) is 0 Å². The standard InChI is InChI=1S/C18H23N5OS/c1-22-12-19-21-18(22)25-11-13-4-2-7-16(8-13)20-17(24)23-9-14-5-3-6-15(14)10-23/h2,4,7-8,12,14-15H,3,5-6,9-11H2,1H3,(H,20,24). The summed E-state index contributed by atoms with van der Waals surface area (Å²) >= 11 is 1.64. The van der Waals surface area contributed by atoms with Crippen LogP contribution in [0.5, 0.6) is 0 Å². The highest BCUT2D eigenvalue weighted by Crippen LogP contribution is 2.37. The minimum atomic E-state index is 0.0347. The molecular weight excluding hydrogens is 334 g/mol. The zero-order valence-electron chi connectivity index (χ0n) is 14.4. The summed E-state index contributed by atoms with van der Waals surface area (Å²) in [5.41, 5.74) is 2.02. The van der Waals surface area contributed by atoms with Gasteiger partial charge in [-0.15, -0.1) is 10.2 Å². The van der Waals surface area contributed by atoms with Gasteiger partial charge in [0.2, 0.25) is 0 Å². The molecule has 4 rings (SSSR count). The van der Waals surface area contributed by atoms with Gasteiger partial charge in [0.05, 0.1) is 0 Å². The summed E-state index contributed by atoms with van der Waals surface area (Å²) in [6.45, 7) is 1.83. The number of anilines is 1. The number of aromatic nitrogens is 3. The zero-order chi connectivity index (χ0) is 17.2. The Bertz CT molecular complexity index is 749. The van der Waals surface area contributed by atoms with Gasteiger partial charge in [0, 0.05) is 31.6 Å². The SMILES string of the molecule is Cn1cnnc1SCc1cccc(NC(=O)N2CC3CCCC3C2)c1. The summed E-state index contributed by atoms with van der Waals surface area (Å²) < 4.78 is 1.90. The average Bonchev–Trinajstić information content (AvgIpc) is 3.29. The smallest absolute Gasteiger partial charge is 0.321 e. The van der Waals surface area contributed by atoms with E-state index in [1.54, 1.807) is 18.1 Å². The van der Waals surface area contributed by atoms with E-state index in [4.69, 9.17) is 0 Å². The second-order valence-corrected chi connectivity index (χ2v) is 7.94. The first-order valence-electron chi connectivity index (χ1n) is 8.81. The fraction of sp³-hybridized carbons (Fsp3) is 0.500. The molecule has 7 heteroatoms. The van der Waals surface area contributed by atoms with Crippen LogP contribution in [0, 0.1) is 11.8 Å². The highest BCUT2D eigenvalue weighted by molar-refractivity contribution is 7.98. The fourth-order valence-electron chi connectivity index (χ4n) is 3.89. The average molecular weight is 357 g/mol. The molecular formula is C18H23N5OS. The number of hydrogen-bond acceptors (Lipinski definition) is 4. The molecule has 2 heterocycles. The van der Waals surface area contributed by atoms with E-state index < -0.39 is 0 Å². The summed E-state index contributed by atoms with van der Waals surface area (Å²) in [5.74, 6) is 2.24. The van der Waals surface area contributed by atoms with Gasteiger partial charge in [-0.3, -0.25) is 0 Å². The maximum Gasteiger partial charge on any atom is 0.321 e. The maximum absolute atomic E-state index is 12.5. The number of rotatable bonds is 4. The molecule has 2 aromatic rings. The highest BCUT2D eigenvalue weighted by Gasteiger charge is 2.37. The second kappa shape index (κ2) is 7.07. The molecule has 0 spiro atoms. The van der Waals surface area contributed by atoms with Gasteiger partial charge in [0.1, 0.15) is 6.33 Å². The molecule has 132 valence electrons. The molecule has 6 nitrogen and oxygen atoms in total. The van der Waals surface area contributed by atoms with Crippen molar-refractivity contribution in [2.45, 2.75) is 30.2 Å². The molecule has 2 fully saturated rings. The van der Waals surface area contributed by atoms with E-state index in [2.05, 4.69) is 21.6 Å². The summed E-state index contributed by atoms with van der Waals surface area (Å²) in [6.07, 6.45) is 5.59. The van der Waals surface area contributed by atoms with Crippen molar-refractivity contribution in [3.63, 3.8) is 0 Å². The van der Waals surface area contributed by atoms with Crippen molar-refractivity contribution in [1.82, 2.24) is 19.7 Å². The first kappa shape index (κ1) is 16.4. The van der Waals surface area contributed by atoms with Crippen molar-refractivity contribution in [2.24, 2.45) is 18.9 Å². The minimum absolute atomic E-state index is 0.0347. The van der Waals surface area contributed by atoms with Crippen LogP contribution in [0.15, 0.2) is 35.7 Å². The summed E-state index contributed by atoms with van der Waals surface area (Å²) in [7, 11) is 1.93. The normalized spacial score (nSPS) is 22.2. The van der Waals surface area contributed by atoms with Gasteiger partial charge in [-0.1, -0.05) is 30.3 Å². The molecule has 1 saturated heterocycles. The molecule has 2 unspecified atom stereocenters. The predicted molar refractivity (Wildman–Crippen MR) is 98.4 cm³/mol. The van der Waals surface area contributed by atoms with E-state index in [9.17, 15) is 4.79 Å². The number of thioether (sulfide) groups is 1. The molecule has 2 amide bonds. The quantitative estimate of drug-likeness (QED) is 0.852. The summed E-state index contributed by atoms with van der Waals surface area (Å²) in [4.78, 5) is 14.5. The molecule has 1 N–H and O–H groups in total. The van der Waals surface area contributed by atoms with Crippen molar-refractivity contribution in [3.05, 3.63) is 36.2 Å². The minimum Gasteiger partial charge on any atom is -0.324 e. The molecule has 1 aromatic carbocycles. The van der Waals surface area contributed by atoms with Gasteiger partial charge in [0.25, 0.3) is 0 Å². The number of urea groups is 1. The fourth-order valence-corrected chi connectivity index (χ4v) is 4.72. The number of likely N-dealkylation sites (tertiary alicyclic amines) is 1. The topological polar surface area (TPSA) is 63.1 Å². The third kappa shape index (κ3) is 3.66. The third-order valence-electron chi connectivity index (χ3n) is 5.23. The number of hydrogen-bond donors (Lipinski definition) is 1. The summed E-state index contributed by atoms with van der Waals surface area (Å²) in [6, 6.07) is 8.08. The Morgan fingerprint density at radius 1 is 1.32 bits per heavy atom. The lowest BCUT2D eigenvalue weighted by Gasteiger charge is -2.18. The van der Waals surface area contributed by atoms with Crippen molar-refractivity contribution >= 4 is 23.5 Å². The predicted octanol–water partition coefficient (Wildman–Crippen LogP) is 3.37. The molecule has 2 atom stereocenters. The zero-order valence-corrected chi connectivity index (χ0v) is 15.2. The first-order chi connectivity index (χ1) is 12.2. The highest BCUT2D eigenvalue weighted by atomic mass is 32.2. The van der Waals surface area contributed by atoms with Crippen LogP contribution in [0.2, 0.25) is 0 Å². The van der Waals surface area contributed by atoms with Gasteiger partial charge < -0.3 is 14.8 Å². The molecule has 2 aliphatic rings. The Morgan fingerprint density at radius 2 is 2.12 bits per heavy atom. The molecule has 0 radical (unpaired) electrons. The Hall–Kier alpha value is -2.02. The monoisotopic (exact) mass is 357 g/mol. The third-order valence-corrected chi connectivity index (χ3v) is 6.34. The second-order valence-electron chi connectivity index (χ2n) is 7.00. The van der Waals surface area contributed by atoms with E-state index in [0.29, 0.717) is 0 Å². The maximum atomic E-state index is 12.5. The number of amides is 2. The lowest BCUT2D eigenvalue weighted by atomic mass is 10.0. The van der Waals surface area contributed by atoms with Crippen molar-refractivity contribution in [3.8, 4) is 0 Å². The Balaban J connectivity index is 1.35. The van der Waals surface area contributed by atoms with Crippen LogP contribution in [-0.2, 0) is 12.8 Å². The molecule has 1 aliphatic carbocycles. The van der Waals surface area contributed by atoms with Crippen LogP contribution in [0.1, 0.15) is 24.8 Å². The van der Waals surface area contributed by atoms with Crippen LogP contribution in [0.25, 0.3) is 0 Å². The Kier molecular flexibility index (Phi) is 4.65. The lowest BCUT2D eigenvalue weighted by molar-refractivity contribution is 0.219. The first-order valence-corrected chi connectivity index (χ1v) is 9.79. The van der Waals surface area contributed by atoms with Crippen molar-refractivity contribution in [1.29, 1.82) is 0 Å². The van der Waals surface area contributed by atoms with Gasteiger partial charge in [-0.05, 0) is 42.4 Å². The summed E-state index contributed by atoms with van der Waals surface area (Å²) in [5, 5.41) is 11.9.